The Bertz CT molecular complexity index is 521. The molecule has 1 saturated heterocycles. The summed E-state index contributed by atoms with van der Waals surface area (Å²) >= 11 is 0. The van der Waals surface area contributed by atoms with E-state index in [1.807, 2.05) is 6.92 Å². The van der Waals surface area contributed by atoms with Gasteiger partial charge in [-0.25, -0.2) is 13.1 Å². The molecule has 0 aliphatic carbocycles. The molecule has 1 aromatic carbocycles. The van der Waals surface area contributed by atoms with Gasteiger partial charge in [0.05, 0.1) is 17.0 Å². The molecule has 1 aliphatic rings. The molecule has 1 heterocycles. The molecular weight excluding hydrogens is 254 g/mol. The summed E-state index contributed by atoms with van der Waals surface area (Å²) in [6, 6.07) is 5.62. The van der Waals surface area contributed by atoms with Crippen LogP contribution in [0.15, 0.2) is 29.2 Å². The van der Waals surface area contributed by atoms with Crippen LogP contribution in [-0.2, 0) is 14.8 Å². The van der Waals surface area contributed by atoms with Gasteiger partial charge in [0.2, 0.25) is 10.0 Å². The fourth-order valence-electron chi connectivity index (χ4n) is 2.05. The van der Waals surface area contributed by atoms with Crippen molar-refractivity contribution in [3.8, 4) is 5.75 Å². The largest absolute Gasteiger partial charge is 0.508 e. The summed E-state index contributed by atoms with van der Waals surface area (Å²) in [7, 11) is -3.63. The molecule has 1 aliphatic heterocycles. The Kier molecular flexibility index (Phi) is 3.61. The van der Waals surface area contributed by atoms with Crippen LogP contribution in [0, 0.1) is 0 Å². The number of rotatable bonds is 3. The number of sulfonamides is 1. The topological polar surface area (TPSA) is 75.6 Å². The van der Waals surface area contributed by atoms with Crippen LogP contribution in [0.5, 0.6) is 5.75 Å². The highest BCUT2D eigenvalue weighted by molar-refractivity contribution is 7.89. The number of benzene rings is 1. The van der Waals surface area contributed by atoms with Crippen molar-refractivity contribution in [3.05, 3.63) is 24.3 Å². The number of hydrogen-bond acceptors (Lipinski definition) is 4. The van der Waals surface area contributed by atoms with Crippen molar-refractivity contribution < 1.29 is 18.3 Å². The number of ether oxygens (including phenoxy) is 1. The molecule has 5 nitrogen and oxygen atoms in total. The van der Waals surface area contributed by atoms with E-state index in [-0.39, 0.29) is 10.6 Å². The second-order valence-corrected chi connectivity index (χ2v) is 6.50. The monoisotopic (exact) mass is 271 g/mol. The first kappa shape index (κ1) is 13.3. The molecular formula is C12H17NO4S. The SMILES string of the molecule is CC1(NS(=O)(=O)c2cccc(O)c2)CCCOC1. The molecule has 2 rings (SSSR count). The second kappa shape index (κ2) is 4.87. The lowest BCUT2D eigenvalue weighted by molar-refractivity contribution is 0.0386. The zero-order chi connectivity index (χ0) is 13.2. The molecule has 0 spiro atoms. The average molecular weight is 271 g/mol. The minimum absolute atomic E-state index is 0.0642. The quantitative estimate of drug-likeness (QED) is 0.867. The molecule has 6 heteroatoms. The molecule has 1 fully saturated rings. The van der Waals surface area contributed by atoms with Gasteiger partial charge in [0, 0.05) is 6.61 Å². The lowest BCUT2D eigenvalue weighted by atomic mass is 9.97. The molecule has 0 aromatic heterocycles. The van der Waals surface area contributed by atoms with Crippen LogP contribution in [0.1, 0.15) is 19.8 Å². The van der Waals surface area contributed by atoms with Crippen molar-refractivity contribution in [2.75, 3.05) is 13.2 Å². The van der Waals surface area contributed by atoms with Crippen molar-refractivity contribution in [2.45, 2.75) is 30.2 Å². The molecule has 1 aromatic rings. The van der Waals surface area contributed by atoms with Gasteiger partial charge >= 0.3 is 0 Å². The molecule has 0 saturated carbocycles. The normalized spacial score (nSPS) is 24.9. The zero-order valence-electron chi connectivity index (χ0n) is 10.2. The molecule has 100 valence electrons. The minimum atomic E-state index is -3.63. The van der Waals surface area contributed by atoms with Gasteiger partial charge in [-0.05, 0) is 38.0 Å². The van der Waals surface area contributed by atoms with Gasteiger partial charge in [-0.2, -0.15) is 0 Å². The summed E-state index contributed by atoms with van der Waals surface area (Å²) < 4.78 is 32.3. The smallest absolute Gasteiger partial charge is 0.241 e. The number of aromatic hydroxyl groups is 1. The van der Waals surface area contributed by atoms with Gasteiger partial charge in [-0.3, -0.25) is 0 Å². The van der Waals surface area contributed by atoms with Crippen molar-refractivity contribution in [3.63, 3.8) is 0 Å². The Morgan fingerprint density at radius 1 is 1.44 bits per heavy atom. The summed E-state index contributed by atoms with van der Waals surface area (Å²) in [4.78, 5) is 0.0642. The Hall–Kier alpha value is -1.11. The Morgan fingerprint density at radius 2 is 2.22 bits per heavy atom. The van der Waals surface area contributed by atoms with E-state index >= 15 is 0 Å². The van der Waals surface area contributed by atoms with E-state index in [1.54, 1.807) is 0 Å². The highest BCUT2D eigenvalue weighted by Crippen LogP contribution is 2.23. The highest BCUT2D eigenvalue weighted by Gasteiger charge is 2.32. The van der Waals surface area contributed by atoms with Gasteiger partial charge in [0.1, 0.15) is 5.75 Å². The number of nitrogens with one attached hydrogen (secondary N) is 1. The fraction of sp³-hybridized carbons (Fsp3) is 0.500. The van der Waals surface area contributed by atoms with Crippen molar-refractivity contribution in [1.29, 1.82) is 0 Å². The van der Waals surface area contributed by atoms with Crippen molar-refractivity contribution in [2.24, 2.45) is 0 Å². The third kappa shape index (κ3) is 3.01. The first-order valence-electron chi connectivity index (χ1n) is 5.82. The number of phenols is 1. The Labute approximate surface area is 107 Å². The molecule has 2 N–H and O–H groups in total. The third-order valence-electron chi connectivity index (χ3n) is 2.95. The van der Waals surface area contributed by atoms with Gasteiger partial charge < -0.3 is 9.84 Å². The zero-order valence-corrected chi connectivity index (χ0v) is 11.0. The first-order valence-corrected chi connectivity index (χ1v) is 7.30. The molecule has 0 bridgehead atoms. The van der Waals surface area contributed by atoms with E-state index in [0.717, 1.165) is 12.8 Å². The van der Waals surface area contributed by atoms with E-state index in [1.165, 1.54) is 24.3 Å². The van der Waals surface area contributed by atoms with Crippen LogP contribution in [0.2, 0.25) is 0 Å². The number of hydrogen-bond donors (Lipinski definition) is 2. The maximum absolute atomic E-state index is 12.2. The third-order valence-corrected chi connectivity index (χ3v) is 4.58. The van der Waals surface area contributed by atoms with E-state index in [4.69, 9.17) is 4.74 Å². The minimum Gasteiger partial charge on any atom is -0.508 e. The number of phenolic OH excluding ortho intramolecular Hbond substituents is 1. The van der Waals surface area contributed by atoms with E-state index < -0.39 is 15.6 Å². The van der Waals surface area contributed by atoms with Crippen LogP contribution in [-0.4, -0.2) is 32.3 Å². The summed E-state index contributed by atoms with van der Waals surface area (Å²) in [5.41, 5.74) is -0.581. The summed E-state index contributed by atoms with van der Waals surface area (Å²) in [6.07, 6.45) is 1.57. The summed E-state index contributed by atoms with van der Waals surface area (Å²) in [5, 5.41) is 9.33. The van der Waals surface area contributed by atoms with E-state index in [9.17, 15) is 13.5 Å². The van der Waals surface area contributed by atoms with Gasteiger partial charge in [-0.15, -0.1) is 0 Å². The van der Waals surface area contributed by atoms with Gasteiger partial charge in [0.15, 0.2) is 0 Å². The van der Waals surface area contributed by atoms with Gasteiger partial charge in [0.25, 0.3) is 0 Å². The summed E-state index contributed by atoms with van der Waals surface area (Å²) in [6.45, 7) is 2.86. The molecule has 1 atom stereocenters. The Balaban J connectivity index is 2.21. The highest BCUT2D eigenvalue weighted by atomic mass is 32.2. The van der Waals surface area contributed by atoms with E-state index in [2.05, 4.69) is 4.72 Å². The predicted octanol–water partition coefficient (Wildman–Crippen LogP) is 1.24. The van der Waals surface area contributed by atoms with Crippen LogP contribution in [0.3, 0.4) is 0 Å². The maximum atomic E-state index is 12.2. The van der Waals surface area contributed by atoms with Crippen LogP contribution < -0.4 is 4.72 Å². The lowest BCUT2D eigenvalue weighted by Crippen LogP contribution is -2.51. The maximum Gasteiger partial charge on any atom is 0.241 e. The molecule has 18 heavy (non-hydrogen) atoms. The first-order chi connectivity index (χ1) is 8.41. The lowest BCUT2D eigenvalue weighted by Gasteiger charge is -2.33. The Morgan fingerprint density at radius 3 is 2.83 bits per heavy atom. The molecule has 0 amide bonds. The van der Waals surface area contributed by atoms with E-state index in [0.29, 0.717) is 13.2 Å². The molecule has 1 unspecified atom stereocenters. The fourth-order valence-corrected chi connectivity index (χ4v) is 3.51. The van der Waals surface area contributed by atoms with Crippen LogP contribution in [0.4, 0.5) is 0 Å². The van der Waals surface area contributed by atoms with Crippen molar-refractivity contribution >= 4 is 10.0 Å². The summed E-state index contributed by atoms with van der Waals surface area (Å²) in [5.74, 6) is -0.0667. The van der Waals surface area contributed by atoms with Crippen molar-refractivity contribution in [1.82, 2.24) is 4.72 Å². The average Bonchev–Trinajstić information content (AvgIpc) is 2.28. The standard InChI is InChI=1S/C12H17NO4S/c1-12(6-3-7-17-9-12)13-18(15,16)11-5-2-4-10(14)8-11/h2,4-5,8,13-14H,3,6-7,9H2,1H3. The predicted molar refractivity (Wildman–Crippen MR) is 66.9 cm³/mol. The van der Waals surface area contributed by atoms with Gasteiger partial charge in [-0.1, -0.05) is 6.07 Å². The van der Waals surface area contributed by atoms with Crippen LogP contribution >= 0.6 is 0 Å². The molecule has 0 radical (unpaired) electrons. The van der Waals surface area contributed by atoms with Crippen LogP contribution in [0.25, 0.3) is 0 Å². The second-order valence-electron chi connectivity index (χ2n) is 4.82.